The maximum absolute atomic E-state index is 11.8. The molecule has 1 rings (SSSR count). The minimum atomic E-state index is 0.198. The largest absolute Gasteiger partial charge is 0.339 e. The number of likely N-dealkylation sites (N-methyl/N-ethyl adjacent to an activating group) is 1. The zero-order chi connectivity index (χ0) is 13.4. The summed E-state index contributed by atoms with van der Waals surface area (Å²) in [7, 11) is 4.18. The van der Waals surface area contributed by atoms with Crippen molar-refractivity contribution in [3.05, 3.63) is 12.7 Å². The molecule has 1 fully saturated rings. The molecule has 1 aliphatic heterocycles. The summed E-state index contributed by atoms with van der Waals surface area (Å²) in [5.41, 5.74) is 0. The first-order chi connectivity index (χ1) is 8.63. The Morgan fingerprint density at radius 3 is 2.56 bits per heavy atom. The monoisotopic (exact) mass is 254 g/mol. The summed E-state index contributed by atoms with van der Waals surface area (Å²) >= 11 is 0. The van der Waals surface area contributed by atoms with E-state index in [1.165, 1.54) is 0 Å². The molecule has 0 aliphatic carbocycles. The molecule has 5 heteroatoms. The molecule has 0 aromatic rings. The van der Waals surface area contributed by atoms with Gasteiger partial charge in [0.25, 0.3) is 0 Å². The van der Waals surface area contributed by atoms with Gasteiger partial charge in [-0.1, -0.05) is 6.08 Å². The molecule has 0 atom stereocenters. The lowest BCUT2D eigenvalue weighted by atomic mass is 10.3. The van der Waals surface area contributed by atoms with Gasteiger partial charge >= 0.3 is 0 Å². The minimum Gasteiger partial charge on any atom is -0.339 e. The average Bonchev–Trinajstić information content (AvgIpc) is 2.37. The molecule has 1 amide bonds. The van der Waals surface area contributed by atoms with Gasteiger partial charge in [-0.25, -0.2) is 0 Å². The number of nitrogens with zero attached hydrogens (tertiary/aromatic N) is 3. The Kier molecular flexibility index (Phi) is 6.93. The predicted octanol–water partition coefficient (Wildman–Crippen LogP) is -0.532. The van der Waals surface area contributed by atoms with Crippen molar-refractivity contribution in [2.45, 2.75) is 0 Å². The highest BCUT2D eigenvalue weighted by Crippen LogP contribution is 2.01. The molecule has 18 heavy (non-hydrogen) atoms. The molecule has 5 nitrogen and oxygen atoms in total. The van der Waals surface area contributed by atoms with Crippen molar-refractivity contribution in [1.29, 1.82) is 0 Å². The number of piperazine rings is 1. The van der Waals surface area contributed by atoms with Gasteiger partial charge in [0.1, 0.15) is 0 Å². The first-order valence-electron chi connectivity index (χ1n) is 6.60. The van der Waals surface area contributed by atoms with Crippen molar-refractivity contribution in [1.82, 2.24) is 20.0 Å². The van der Waals surface area contributed by atoms with Crippen LogP contribution in [0.5, 0.6) is 0 Å². The standard InChI is InChI=1S/C13H26N4O/c1-4-5-14-12-13(18)17-10-8-16(9-11-17)7-6-15(2)3/h4,14H,1,5-12H2,2-3H3. The quantitative estimate of drug-likeness (QED) is 0.490. The lowest BCUT2D eigenvalue weighted by Gasteiger charge is -2.35. The van der Waals surface area contributed by atoms with Crippen LogP contribution in [0.1, 0.15) is 0 Å². The molecule has 1 N–H and O–H groups in total. The second-order valence-corrected chi connectivity index (χ2v) is 4.95. The Balaban J connectivity index is 2.17. The molecular weight excluding hydrogens is 228 g/mol. The third kappa shape index (κ3) is 5.62. The van der Waals surface area contributed by atoms with Crippen LogP contribution in [0.4, 0.5) is 0 Å². The van der Waals surface area contributed by atoms with Crippen molar-refractivity contribution >= 4 is 5.91 Å². The number of carbonyl (C=O) groups is 1. The first kappa shape index (κ1) is 15.1. The van der Waals surface area contributed by atoms with Crippen LogP contribution in [-0.4, -0.2) is 87.1 Å². The van der Waals surface area contributed by atoms with E-state index in [0.29, 0.717) is 13.1 Å². The maximum Gasteiger partial charge on any atom is 0.236 e. The molecule has 1 heterocycles. The number of amides is 1. The van der Waals surface area contributed by atoms with E-state index in [0.717, 1.165) is 39.3 Å². The van der Waals surface area contributed by atoms with E-state index >= 15 is 0 Å². The average molecular weight is 254 g/mol. The van der Waals surface area contributed by atoms with E-state index < -0.39 is 0 Å². The zero-order valence-electron chi connectivity index (χ0n) is 11.7. The third-order valence-electron chi connectivity index (χ3n) is 3.15. The van der Waals surface area contributed by atoms with E-state index in [1.807, 2.05) is 4.90 Å². The summed E-state index contributed by atoms with van der Waals surface area (Å²) in [4.78, 5) is 18.4. The number of carbonyl (C=O) groups excluding carboxylic acids is 1. The van der Waals surface area contributed by atoms with Gasteiger partial charge in [-0.3, -0.25) is 9.69 Å². The highest BCUT2D eigenvalue weighted by molar-refractivity contribution is 5.78. The Morgan fingerprint density at radius 1 is 1.33 bits per heavy atom. The summed E-state index contributed by atoms with van der Waals surface area (Å²) in [6, 6.07) is 0. The van der Waals surface area contributed by atoms with Gasteiger partial charge in [0.15, 0.2) is 0 Å². The molecule has 0 saturated carbocycles. The molecule has 0 bridgehead atoms. The molecule has 0 radical (unpaired) electrons. The van der Waals surface area contributed by atoms with E-state index in [9.17, 15) is 4.79 Å². The van der Waals surface area contributed by atoms with Gasteiger partial charge in [0.2, 0.25) is 5.91 Å². The summed E-state index contributed by atoms with van der Waals surface area (Å²) in [6.45, 7) is 10.6. The van der Waals surface area contributed by atoms with Gasteiger partial charge in [-0.05, 0) is 14.1 Å². The smallest absolute Gasteiger partial charge is 0.236 e. The van der Waals surface area contributed by atoms with Crippen molar-refractivity contribution in [3.8, 4) is 0 Å². The van der Waals surface area contributed by atoms with Gasteiger partial charge in [-0.2, -0.15) is 0 Å². The Labute approximate surface area is 110 Å². The molecule has 104 valence electrons. The molecule has 1 aliphatic rings. The van der Waals surface area contributed by atoms with E-state index in [1.54, 1.807) is 6.08 Å². The van der Waals surface area contributed by atoms with E-state index in [2.05, 4.69) is 35.8 Å². The second kappa shape index (κ2) is 8.24. The van der Waals surface area contributed by atoms with Crippen LogP contribution in [0, 0.1) is 0 Å². The van der Waals surface area contributed by atoms with Gasteiger partial charge in [0, 0.05) is 45.8 Å². The fourth-order valence-electron chi connectivity index (χ4n) is 1.96. The van der Waals surface area contributed by atoms with Crippen LogP contribution in [0.2, 0.25) is 0 Å². The lowest BCUT2D eigenvalue weighted by Crippen LogP contribution is -2.51. The van der Waals surface area contributed by atoms with E-state index in [-0.39, 0.29) is 5.91 Å². The normalized spacial score (nSPS) is 17.2. The highest BCUT2D eigenvalue weighted by Gasteiger charge is 2.20. The molecule has 0 unspecified atom stereocenters. The van der Waals surface area contributed by atoms with Crippen LogP contribution < -0.4 is 5.32 Å². The Morgan fingerprint density at radius 2 is 2.00 bits per heavy atom. The van der Waals surface area contributed by atoms with E-state index in [4.69, 9.17) is 0 Å². The van der Waals surface area contributed by atoms with Crippen LogP contribution in [-0.2, 0) is 4.79 Å². The maximum atomic E-state index is 11.8. The molecule has 1 saturated heterocycles. The van der Waals surface area contributed by atoms with Crippen molar-refractivity contribution in [2.75, 3.05) is 66.5 Å². The summed E-state index contributed by atoms with van der Waals surface area (Å²) in [5.74, 6) is 0.198. The summed E-state index contributed by atoms with van der Waals surface area (Å²) < 4.78 is 0. The molecule has 0 spiro atoms. The zero-order valence-corrected chi connectivity index (χ0v) is 11.7. The predicted molar refractivity (Wildman–Crippen MR) is 74.6 cm³/mol. The first-order valence-corrected chi connectivity index (χ1v) is 6.60. The SMILES string of the molecule is C=CCNCC(=O)N1CCN(CCN(C)C)CC1. The number of hydrogen-bond donors (Lipinski definition) is 1. The fourth-order valence-corrected chi connectivity index (χ4v) is 1.96. The van der Waals surface area contributed by atoms with Crippen LogP contribution in [0.25, 0.3) is 0 Å². The molecular formula is C13H26N4O. The van der Waals surface area contributed by atoms with Crippen LogP contribution >= 0.6 is 0 Å². The fraction of sp³-hybridized carbons (Fsp3) is 0.769. The topological polar surface area (TPSA) is 38.8 Å². The number of hydrogen-bond acceptors (Lipinski definition) is 4. The number of rotatable bonds is 7. The Hall–Kier alpha value is -0.910. The highest BCUT2D eigenvalue weighted by atomic mass is 16.2. The molecule has 0 aromatic heterocycles. The number of nitrogens with one attached hydrogen (secondary N) is 1. The second-order valence-electron chi connectivity index (χ2n) is 4.95. The van der Waals surface area contributed by atoms with Crippen LogP contribution in [0.15, 0.2) is 12.7 Å². The summed E-state index contributed by atoms with van der Waals surface area (Å²) in [6.07, 6.45) is 1.77. The summed E-state index contributed by atoms with van der Waals surface area (Å²) in [5, 5.41) is 3.05. The van der Waals surface area contributed by atoms with Crippen LogP contribution in [0.3, 0.4) is 0 Å². The van der Waals surface area contributed by atoms with Gasteiger partial charge < -0.3 is 15.1 Å². The third-order valence-corrected chi connectivity index (χ3v) is 3.15. The van der Waals surface area contributed by atoms with Gasteiger partial charge in [0.05, 0.1) is 6.54 Å². The van der Waals surface area contributed by atoms with Gasteiger partial charge in [-0.15, -0.1) is 6.58 Å². The van der Waals surface area contributed by atoms with Crippen molar-refractivity contribution < 1.29 is 4.79 Å². The minimum absolute atomic E-state index is 0.198. The van der Waals surface area contributed by atoms with Crippen molar-refractivity contribution in [2.24, 2.45) is 0 Å². The van der Waals surface area contributed by atoms with Crippen molar-refractivity contribution in [3.63, 3.8) is 0 Å². The molecule has 0 aromatic carbocycles. The Bertz CT molecular complexity index is 260. The lowest BCUT2D eigenvalue weighted by molar-refractivity contribution is -0.131.